The average Bonchev–Trinajstić information content (AvgIpc) is 2.70. The lowest BCUT2D eigenvalue weighted by Gasteiger charge is -2.32. The van der Waals surface area contributed by atoms with E-state index in [0.29, 0.717) is 31.5 Å². The van der Waals surface area contributed by atoms with Crippen LogP contribution in [0.15, 0.2) is 30.3 Å². The first-order valence-corrected chi connectivity index (χ1v) is 9.75. The molecular formula is C18H15Cl4N3O2. The third kappa shape index (κ3) is 4.49. The van der Waals surface area contributed by atoms with Crippen LogP contribution >= 0.6 is 46.4 Å². The van der Waals surface area contributed by atoms with Crippen molar-refractivity contribution < 1.29 is 9.59 Å². The molecule has 0 atom stereocenters. The van der Waals surface area contributed by atoms with Crippen LogP contribution in [0.4, 0.5) is 0 Å². The maximum Gasteiger partial charge on any atom is 0.274 e. The van der Waals surface area contributed by atoms with E-state index in [2.05, 4.69) is 10.3 Å². The van der Waals surface area contributed by atoms with Crippen LogP contribution in [0.1, 0.15) is 33.7 Å². The highest BCUT2D eigenvalue weighted by atomic mass is 35.5. The summed E-state index contributed by atoms with van der Waals surface area (Å²) in [7, 11) is 0. The average molecular weight is 447 g/mol. The molecule has 1 aromatic heterocycles. The van der Waals surface area contributed by atoms with Crippen molar-refractivity contribution in [2.24, 2.45) is 0 Å². The summed E-state index contributed by atoms with van der Waals surface area (Å²) < 4.78 is 0. The molecule has 27 heavy (non-hydrogen) atoms. The quantitative estimate of drug-likeness (QED) is 0.693. The minimum Gasteiger partial charge on any atom is -0.349 e. The van der Waals surface area contributed by atoms with Crippen LogP contribution in [0.25, 0.3) is 0 Å². The van der Waals surface area contributed by atoms with Crippen molar-refractivity contribution in [2.45, 2.75) is 18.9 Å². The number of halogens is 4. The number of likely N-dealkylation sites (tertiary alicyclic amines) is 1. The van der Waals surface area contributed by atoms with Crippen LogP contribution in [-0.4, -0.2) is 40.8 Å². The number of carbonyl (C=O) groups excluding carboxylic acids is 2. The lowest BCUT2D eigenvalue weighted by atomic mass is 10.0. The normalized spacial score (nSPS) is 14.9. The summed E-state index contributed by atoms with van der Waals surface area (Å²) in [5.74, 6) is -0.491. The van der Waals surface area contributed by atoms with Crippen LogP contribution < -0.4 is 5.32 Å². The summed E-state index contributed by atoms with van der Waals surface area (Å²) in [5.41, 5.74) is 0.584. The maximum absolute atomic E-state index is 12.7. The van der Waals surface area contributed by atoms with Gasteiger partial charge in [0, 0.05) is 24.7 Å². The lowest BCUT2D eigenvalue weighted by Crippen LogP contribution is -2.46. The molecule has 0 aliphatic carbocycles. The van der Waals surface area contributed by atoms with Crippen molar-refractivity contribution in [3.05, 3.63) is 61.8 Å². The second-order valence-electron chi connectivity index (χ2n) is 6.10. The number of amides is 2. The number of nitrogens with one attached hydrogen (secondary N) is 1. The van der Waals surface area contributed by atoms with E-state index in [4.69, 9.17) is 46.4 Å². The molecule has 0 saturated carbocycles. The first-order valence-electron chi connectivity index (χ1n) is 8.23. The Morgan fingerprint density at radius 2 is 1.59 bits per heavy atom. The van der Waals surface area contributed by atoms with Gasteiger partial charge in [-0.25, -0.2) is 4.98 Å². The van der Waals surface area contributed by atoms with E-state index < -0.39 is 0 Å². The fraction of sp³-hybridized carbons (Fsp3) is 0.278. The molecule has 2 amide bonds. The van der Waals surface area contributed by atoms with E-state index in [9.17, 15) is 9.59 Å². The molecule has 5 nitrogen and oxygen atoms in total. The molecule has 1 aromatic carbocycles. The Morgan fingerprint density at radius 1 is 0.963 bits per heavy atom. The van der Waals surface area contributed by atoms with Crippen LogP contribution in [-0.2, 0) is 0 Å². The number of hydrogen-bond donors (Lipinski definition) is 1. The Kier molecular flexibility index (Phi) is 6.48. The smallest absolute Gasteiger partial charge is 0.274 e. The van der Waals surface area contributed by atoms with Gasteiger partial charge in [0.1, 0.15) is 10.8 Å². The molecule has 0 radical (unpaired) electrons. The van der Waals surface area contributed by atoms with Crippen LogP contribution in [0.5, 0.6) is 0 Å². The van der Waals surface area contributed by atoms with Crippen molar-refractivity contribution in [1.29, 1.82) is 0 Å². The van der Waals surface area contributed by atoms with E-state index in [1.165, 1.54) is 0 Å². The Labute approximate surface area is 176 Å². The third-order valence-electron chi connectivity index (χ3n) is 4.34. The fourth-order valence-electron chi connectivity index (χ4n) is 2.86. The number of nitrogens with zero attached hydrogens (tertiary/aromatic N) is 2. The zero-order chi connectivity index (χ0) is 19.6. The van der Waals surface area contributed by atoms with Gasteiger partial charge in [-0.15, -0.1) is 0 Å². The molecule has 0 bridgehead atoms. The summed E-state index contributed by atoms with van der Waals surface area (Å²) in [6.45, 7) is 0.906. The second kappa shape index (κ2) is 8.65. The Bertz CT molecular complexity index is 869. The summed E-state index contributed by atoms with van der Waals surface area (Å²) in [6.07, 6.45) is 1.24. The first-order chi connectivity index (χ1) is 12.9. The number of aromatic nitrogens is 1. The number of rotatable bonds is 3. The predicted octanol–water partition coefficient (Wildman–Crippen LogP) is 4.73. The molecule has 1 saturated heterocycles. The minimum atomic E-state index is -0.367. The number of piperidine rings is 1. The SMILES string of the molecule is O=C(NC1CCN(C(=O)c2nc(Cl)c(Cl)c(Cl)c2Cl)CC1)c1ccccc1. The number of benzene rings is 1. The van der Waals surface area contributed by atoms with Gasteiger partial charge in [-0.05, 0) is 25.0 Å². The number of hydrogen-bond acceptors (Lipinski definition) is 3. The van der Waals surface area contributed by atoms with Crippen molar-refractivity contribution in [3.8, 4) is 0 Å². The molecule has 1 aliphatic heterocycles. The van der Waals surface area contributed by atoms with Gasteiger partial charge in [0.05, 0.1) is 15.1 Å². The topological polar surface area (TPSA) is 62.3 Å². The van der Waals surface area contributed by atoms with Gasteiger partial charge in [0.15, 0.2) is 0 Å². The summed E-state index contributed by atoms with van der Waals surface area (Å²) in [6, 6.07) is 8.99. The zero-order valence-electron chi connectivity index (χ0n) is 14.0. The number of pyridine rings is 1. The highest BCUT2D eigenvalue weighted by Gasteiger charge is 2.28. The molecule has 0 spiro atoms. The van der Waals surface area contributed by atoms with Gasteiger partial charge >= 0.3 is 0 Å². The van der Waals surface area contributed by atoms with Crippen molar-refractivity contribution >= 4 is 58.2 Å². The van der Waals surface area contributed by atoms with Crippen molar-refractivity contribution in [1.82, 2.24) is 15.2 Å². The molecule has 142 valence electrons. The minimum absolute atomic E-state index is 0.00620. The molecule has 1 aliphatic rings. The molecular weight excluding hydrogens is 432 g/mol. The Morgan fingerprint density at radius 3 is 2.22 bits per heavy atom. The van der Waals surface area contributed by atoms with Crippen molar-refractivity contribution in [2.75, 3.05) is 13.1 Å². The number of carbonyl (C=O) groups is 2. The molecule has 1 fully saturated rings. The van der Waals surface area contributed by atoms with Gasteiger partial charge in [0.2, 0.25) is 0 Å². The van der Waals surface area contributed by atoms with Crippen LogP contribution in [0.2, 0.25) is 20.2 Å². The summed E-state index contributed by atoms with van der Waals surface area (Å²) >= 11 is 23.9. The van der Waals surface area contributed by atoms with E-state index in [-0.39, 0.29) is 43.8 Å². The van der Waals surface area contributed by atoms with E-state index in [1.54, 1.807) is 17.0 Å². The molecule has 9 heteroatoms. The van der Waals surface area contributed by atoms with Gasteiger partial charge in [-0.1, -0.05) is 64.6 Å². The van der Waals surface area contributed by atoms with Gasteiger partial charge in [0.25, 0.3) is 11.8 Å². The second-order valence-corrected chi connectivity index (χ2v) is 7.59. The first kappa shape index (κ1) is 20.2. The monoisotopic (exact) mass is 445 g/mol. The molecule has 0 unspecified atom stereocenters. The van der Waals surface area contributed by atoms with Crippen LogP contribution in [0.3, 0.4) is 0 Å². The van der Waals surface area contributed by atoms with Gasteiger partial charge in [-0.3, -0.25) is 9.59 Å². The lowest BCUT2D eigenvalue weighted by molar-refractivity contribution is 0.0692. The summed E-state index contributed by atoms with van der Waals surface area (Å²) in [4.78, 5) is 30.5. The van der Waals surface area contributed by atoms with E-state index >= 15 is 0 Å². The molecule has 3 rings (SSSR count). The van der Waals surface area contributed by atoms with E-state index in [1.807, 2.05) is 18.2 Å². The predicted molar refractivity (Wildman–Crippen MR) is 107 cm³/mol. The van der Waals surface area contributed by atoms with Gasteiger partial charge in [-0.2, -0.15) is 0 Å². The Hall–Kier alpha value is -1.53. The third-order valence-corrected chi connectivity index (χ3v) is 6.02. The maximum atomic E-state index is 12.7. The van der Waals surface area contributed by atoms with Crippen LogP contribution in [0, 0.1) is 0 Å². The summed E-state index contributed by atoms with van der Waals surface area (Å²) in [5, 5.41) is 2.93. The molecule has 1 N–H and O–H groups in total. The Balaban J connectivity index is 1.62. The van der Waals surface area contributed by atoms with Gasteiger partial charge < -0.3 is 10.2 Å². The van der Waals surface area contributed by atoms with E-state index in [0.717, 1.165) is 0 Å². The molecule has 2 aromatic rings. The zero-order valence-corrected chi connectivity index (χ0v) is 17.0. The largest absolute Gasteiger partial charge is 0.349 e. The standard InChI is InChI=1S/C18H15Cl4N3O2/c19-12-13(20)15(24-16(22)14(12)21)18(27)25-8-6-11(7-9-25)23-17(26)10-4-2-1-3-5-10/h1-5,11H,6-9H2,(H,23,26). The fourth-order valence-corrected chi connectivity index (χ4v) is 3.67. The van der Waals surface area contributed by atoms with Crippen molar-refractivity contribution in [3.63, 3.8) is 0 Å². The molecule has 2 heterocycles. The highest BCUT2D eigenvalue weighted by Crippen LogP contribution is 2.36. The highest BCUT2D eigenvalue weighted by molar-refractivity contribution is 6.52.